The van der Waals surface area contributed by atoms with Crippen LogP contribution in [0.25, 0.3) is 0 Å². The van der Waals surface area contributed by atoms with Crippen LogP contribution in [0.3, 0.4) is 0 Å². The number of nitrogens with zero attached hydrogens (tertiary/aromatic N) is 4. The molecular formula is C23H28ClFN8O. The highest BCUT2D eigenvalue weighted by Crippen LogP contribution is 2.33. The van der Waals surface area contributed by atoms with Crippen molar-refractivity contribution in [3.05, 3.63) is 52.1 Å². The first-order valence-corrected chi connectivity index (χ1v) is 11.5. The van der Waals surface area contributed by atoms with Gasteiger partial charge >= 0.3 is 0 Å². The number of halogens is 2. The molecule has 1 saturated heterocycles. The van der Waals surface area contributed by atoms with Crippen molar-refractivity contribution in [1.29, 1.82) is 0 Å². The van der Waals surface area contributed by atoms with E-state index >= 15 is 4.39 Å². The van der Waals surface area contributed by atoms with Crippen LogP contribution in [0.2, 0.25) is 5.02 Å². The summed E-state index contributed by atoms with van der Waals surface area (Å²) < 4.78 is 15.1. The number of aromatic nitrogens is 4. The summed E-state index contributed by atoms with van der Waals surface area (Å²) in [6.07, 6.45) is 3.21. The second-order valence-corrected chi connectivity index (χ2v) is 8.90. The lowest BCUT2D eigenvalue weighted by atomic mass is 9.86. The fourth-order valence-corrected chi connectivity index (χ4v) is 4.29. The van der Waals surface area contributed by atoms with E-state index in [2.05, 4.69) is 41.0 Å². The predicted octanol–water partition coefficient (Wildman–Crippen LogP) is 4.02. The van der Waals surface area contributed by atoms with Gasteiger partial charge in [-0.25, -0.2) is 9.37 Å². The van der Waals surface area contributed by atoms with E-state index in [1.165, 1.54) is 6.20 Å². The molecule has 0 radical (unpaired) electrons. The number of hydrogen-bond acceptors (Lipinski definition) is 7. The Morgan fingerprint density at radius 2 is 2.00 bits per heavy atom. The van der Waals surface area contributed by atoms with Gasteiger partial charge in [-0.3, -0.25) is 14.8 Å². The minimum atomic E-state index is -0.371. The molecule has 3 heterocycles. The summed E-state index contributed by atoms with van der Waals surface area (Å²) in [6.45, 7) is 5.88. The molecule has 1 aromatic carbocycles. The monoisotopic (exact) mass is 486 g/mol. The van der Waals surface area contributed by atoms with Gasteiger partial charge in [-0.2, -0.15) is 10.1 Å². The van der Waals surface area contributed by atoms with Gasteiger partial charge in [-0.1, -0.05) is 11.6 Å². The van der Waals surface area contributed by atoms with Gasteiger partial charge in [-0.05, 0) is 69.0 Å². The number of amides is 1. The number of piperidine rings is 1. The summed E-state index contributed by atoms with van der Waals surface area (Å²) in [5, 5.41) is 15.9. The number of carbonyl (C=O) groups excluding carboxylic acids is 1. The highest BCUT2D eigenvalue weighted by molar-refractivity contribution is 6.32. The maximum absolute atomic E-state index is 15.1. The van der Waals surface area contributed by atoms with E-state index in [4.69, 9.17) is 11.6 Å². The summed E-state index contributed by atoms with van der Waals surface area (Å²) in [4.78, 5) is 22.3. The van der Waals surface area contributed by atoms with Crippen LogP contribution < -0.4 is 16.0 Å². The lowest BCUT2D eigenvalue weighted by molar-refractivity contribution is -0.122. The first kappa shape index (κ1) is 23.9. The van der Waals surface area contributed by atoms with Crippen molar-refractivity contribution < 1.29 is 9.18 Å². The Labute approximate surface area is 202 Å². The molecular weight excluding hydrogens is 459 g/mol. The summed E-state index contributed by atoms with van der Waals surface area (Å²) in [7, 11) is 1.64. The Kier molecular flexibility index (Phi) is 7.28. The molecule has 0 aliphatic carbocycles. The van der Waals surface area contributed by atoms with Crippen LogP contribution in [-0.2, 0) is 4.79 Å². The topological polar surface area (TPSA) is 111 Å². The van der Waals surface area contributed by atoms with Crippen LogP contribution in [0, 0.1) is 19.7 Å². The first-order chi connectivity index (χ1) is 16.3. The molecule has 1 aliphatic rings. The number of aryl methyl sites for hydroxylation is 2. The van der Waals surface area contributed by atoms with Gasteiger partial charge in [0.1, 0.15) is 10.8 Å². The van der Waals surface area contributed by atoms with E-state index in [-0.39, 0.29) is 23.6 Å². The molecule has 11 heteroatoms. The minimum absolute atomic E-state index is 0.0124. The molecule has 3 aromatic rings. The summed E-state index contributed by atoms with van der Waals surface area (Å²) in [5.41, 5.74) is 3.17. The number of H-pyrrole nitrogens is 1. The average molecular weight is 487 g/mol. The van der Waals surface area contributed by atoms with Crippen LogP contribution in [0.15, 0.2) is 24.4 Å². The highest BCUT2D eigenvalue weighted by atomic mass is 35.5. The summed E-state index contributed by atoms with van der Waals surface area (Å²) >= 11 is 6.21. The molecule has 4 N–H and O–H groups in total. The van der Waals surface area contributed by atoms with E-state index in [0.717, 1.165) is 42.8 Å². The Morgan fingerprint density at radius 3 is 2.68 bits per heavy atom. The number of aromatic amines is 1. The smallest absolute Gasteiger partial charge is 0.233 e. The molecule has 0 atom stereocenters. The maximum atomic E-state index is 15.1. The number of hydrogen-bond donors (Lipinski definition) is 4. The molecule has 34 heavy (non-hydrogen) atoms. The van der Waals surface area contributed by atoms with Crippen LogP contribution in [0.4, 0.5) is 27.7 Å². The molecule has 0 saturated carbocycles. The fourth-order valence-electron chi connectivity index (χ4n) is 4.16. The van der Waals surface area contributed by atoms with Crippen molar-refractivity contribution in [3.63, 3.8) is 0 Å². The minimum Gasteiger partial charge on any atom is -0.358 e. The Bertz CT molecular complexity index is 1180. The van der Waals surface area contributed by atoms with Crippen molar-refractivity contribution in [2.75, 3.05) is 37.3 Å². The highest BCUT2D eigenvalue weighted by Gasteiger charge is 2.24. The number of carbonyl (C=O) groups is 1. The Morgan fingerprint density at radius 1 is 1.24 bits per heavy atom. The second kappa shape index (κ2) is 10.4. The van der Waals surface area contributed by atoms with E-state index in [1.807, 2.05) is 19.9 Å². The van der Waals surface area contributed by atoms with Gasteiger partial charge in [0.05, 0.1) is 18.4 Å². The lowest BCUT2D eigenvalue weighted by Crippen LogP contribution is -2.40. The zero-order chi connectivity index (χ0) is 24.2. The largest absolute Gasteiger partial charge is 0.358 e. The van der Waals surface area contributed by atoms with Crippen LogP contribution >= 0.6 is 11.6 Å². The Hall–Kier alpha value is -3.24. The normalized spacial score (nSPS) is 14.7. The van der Waals surface area contributed by atoms with Crippen LogP contribution in [0.1, 0.15) is 35.6 Å². The van der Waals surface area contributed by atoms with Crippen LogP contribution in [0.5, 0.6) is 0 Å². The number of nitrogens with one attached hydrogen (secondary N) is 4. The number of likely N-dealkylation sites (N-methyl/N-ethyl adjacent to an activating group) is 1. The molecule has 1 aliphatic heterocycles. The SMILES string of the molecule is CNC(=O)CN1CCC(c2cc(F)c(Nc3ncc(Cl)c(Nc4cc(C)[nH]n4)n3)cc2C)CC1. The maximum Gasteiger partial charge on any atom is 0.233 e. The summed E-state index contributed by atoms with van der Waals surface area (Å²) in [6, 6.07) is 5.19. The fraction of sp³-hybridized carbons (Fsp3) is 0.391. The van der Waals surface area contributed by atoms with E-state index in [9.17, 15) is 4.79 Å². The van der Waals surface area contributed by atoms with E-state index in [0.29, 0.717) is 28.9 Å². The van der Waals surface area contributed by atoms with Gasteiger partial charge in [0, 0.05) is 18.8 Å². The van der Waals surface area contributed by atoms with E-state index < -0.39 is 0 Å². The lowest BCUT2D eigenvalue weighted by Gasteiger charge is -2.32. The molecule has 1 fully saturated rings. The van der Waals surface area contributed by atoms with Crippen LogP contribution in [-0.4, -0.2) is 57.7 Å². The third kappa shape index (κ3) is 5.63. The molecule has 1 amide bonds. The number of benzene rings is 1. The molecule has 9 nitrogen and oxygen atoms in total. The van der Waals surface area contributed by atoms with Crippen molar-refractivity contribution in [3.8, 4) is 0 Å². The third-order valence-corrected chi connectivity index (χ3v) is 6.25. The van der Waals surface area contributed by atoms with Gasteiger partial charge in [0.15, 0.2) is 11.6 Å². The Balaban J connectivity index is 1.45. The molecule has 0 bridgehead atoms. The van der Waals surface area contributed by atoms with Crippen molar-refractivity contribution in [1.82, 2.24) is 30.4 Å². The zero-order valence-electron chi connectivity index (χ0n) is 19.4. The summed E-state index contributed by atoms with van der Waals surface area (Å²) in [5.74, 6) is 1.04. The second-order valence-electron chi connectivity index (χ2n) is 8.49. The molecule has 0 spiro atoms. The quantitative estimate of drug-likeness (QED) is 0.399. The van der Waals surface area contributed by atoms with Gasteiger partial charge in [-0.15, -0.1) is 0 Å². The van der Waals surface area contributed by atoms with Crippen molar-refractivity contribution in [2.24, 2.45) is 0 Å². The van der Waals surface area contributed by atoms with Gasteiger partial charge < -0.3 is 16.0 Å². The van der Waals surface area contributed by atoms with E-state index in [1.54, 1.807) is 19.2 Å². The van der Waals surface area contributed by atoms with Gasteiger partial charge in [0.2, 0.25) is 11.9 Å². The molecule has 180 valence electrons. The zero-order valence-corrected chi connectivity index (χ0v) is 20.1. The average Bonchev–Trinajstić information content (AvgIpc) is 3.23. The number of rotatable bonds is 7. The van der Waals surface area contributed by atoms with Gasteiger partial charge in [0.25, 0.3) is 0 Å². The van der Waals surface area contributed by atoms with Crippen molar-refractivity contribution in [2.45, 2.75) is 32.6 Å². The van der Waals surface area contributed by atoms with Crippen molar-refractivity contribution >= 4 is 40.8 Å². The molecule has 2 aromatic heterocycles. The first-order valence-electron chi connectivity index (χ1n) is 11.1. The molecule has 4 rings (SSSR count). The molecule has 0 unspecified atom stereocenters. The predicted molar refractivity (Wildman–Crippen MR) is 131 cm³/mol. The third-order valence-electron chi connectivity index (χ3n) is 5.97. The number of anilines is 4. The number of likely N-dealkylation sites (tertiary alicyclic amines) is 1. The standard InChI is InChI=1S/C23H28ClFN8O/c1-13-8-19(18(25)10-16(13)15-4-6-33(7-5-15)12-21(34)26-3)28-23-27-11-17(24)22(30-23)29-20-9-14(2)31-32-20/h8-11,15H,4-7,12H2,1-3H3,(H,26,34)(H3,27,28,29,30,31,32).